The molecule has 1 heterocycles. The number of nitrogens with zero attached hydrogens (tertiary/aromatic N) is 1. The summed E-state index contributed by atoms with van der Waals surface area (Å²) in [6.45, 7) is 6.56. The largest absolute Gasteiger partial charge is 0.368 e. The van der Waals surface area contributed by atoms with Crippen LogP contribution in [0.2, 0.25) is 0 Å². The Kier molecular flexibility index (Phi) is 4.94. The molecule has 94 valence electrons. The van der Waals surface area contributed by atoms with Crippen LogP contribution < -0.4 is 11.1 Å². The summed E-state index contributed by atoms with van der Waals surface area (Å²) in [6, 6.07) is 3.85. The lowest BCUT2D eigenvalue weighted by atomic mass is 10.0. The number of amides is 1. The molecule has 1 aromatic rings. The minimum absolute atomic E-state index is 0.379. The van der Waals surface area contributed by atoms with Crippen molar-refractivity contribution in [1.29, 1.82) is 0 Å². The first-order valence-electron chi connectivity index (χ1n) is 6.01. The summed E-state index contributed by atoms with van der Waals surface area (Å²) in [5, 5.41) is 3.30. The van der Waals surface area contributed by atoms with Gasteiger partial charge in [0.25, 0.3) is 0 Å². The van der Waals surface area contributed by atoms with Crippen LogP contribution in [0.4, 0.5) is 5.82 Å². The Morgan fingerprint density at radius 1 is 1.35 bits per heavy atom. The van der Waals surface area contributed by atoms with E-state index in [2.05, 4.69) is 31.1 Å². The number of carbonyl (C=O) groups excluding carboxylic acids is 1. The molecule has 0 saturated heterocycles. The van der Waals surface area contributed by atoms with Crippen molar-refractivity contribution in [3.8, 4) is 0 Å². The Bertz CT molecular complexity index is 359. The van der Waals surface area contributed by atoms with Crippen LogP contribution >= 0.6 is 0 Å². The summed E-state index contributed by atoms with van der Waals surface area (Å²) >= 11 is 0. The third-order valence-electron chi connectivity index (χ3n) is 2.62. The van der Waals surface area contributed by atoms with Crippen LogP contribution in [-0.2, 0) is 0 Å². The van der Waals surface area contributed by atoms with E-state index in [1.54, 1.807) is 12.1 Å². The first kappa shape index (κ1) is 13.5. The first-order valence-corrected chi connectivity index (χ1v) is 6.01. The van der Waals surface area contributed by atoms with Crippen LogP contribution in [-0.4, -0.2) is 16.9 Å². The fourth-order valence-corrected chi connectivity index (χ4v) is 1.53. The summed E-state index contributed by atoms with van der Waals surface area (Å²) in [5.41, 5.74) is 5.58. The number of rotatable bonds is 6. The van der Waals surface area contributed by atoms with Gasteiger partial charge in [-0.3, -0.25) is 4.79 Å². The van der Waals surface area contributed by atoms with E-state index in [-0.39, 0.29) is 0 Å². The molecule has 0 fully saturated rings. The fraction of sp³-hybridized carbons (Fsp3) is 0.538. The topological polar surface area (TPSA) is 68.0 Å². The van der Waals surface area contributed by atoms with Gasteiger partial charge in [0.2, 0.25) is 5.91 Å². The van der Waals surface area contributed by atoms with Gasteiger partial charge in [0.1, 0.15) is 5.82 Å². The van der Waals surface area contributed by atoms with Crippen LogP contribution in [0.25, 0.3) is 0 Å². The zero-order chi connectivity index (χ0) is 12.8. The molecule has 4 nitrogen and oxygen atoms in total. The number of anilines is 1. The van der Waals surface area contributed by atoms with Gasteiger partial charge in [-0.25, -0.2) is 4.98 Å². The second kappa shape index (κ2) is 6.23. The standard InChI is InChI=1S/C13H21N3O/c1-9(2)4-5-10(3)16-12-7-6-11(8-15-12)13(14)17/h6-10H,4-5H2,1-3H3,(H2,14,17)(H,15,16). The minimum Gasteiger partial charge on any atom is -0.368 e. The highest BCUT2D eigenvalue weighted by Crippen LogP contribution is 2.11. The lowest BCUT2D eigenvalue weighted by molar-refractivity contribution is 0.1000. The van der Waals surface area contributed by atoms with Crippen molar-refractivity contribution in [3.63, 3.8) is 0 Å². The summed E-state index contributed by atoms with van der Waals surface area (Å²) in [7, 11) is 0. The van der Waals surface area contributed by atoms with Gasteiger partial charge < -0.3 is 11.1 Å². The molecule has 0 saturated carbocycles. The Morgan fingerprint density at radius 2 is 2.06 bits per heavy atom. The number of primary amides is 1. The summed E-state index contributed by atoms with van der Waals surface area (Å²) in [6.07, 6.45) is 3.80. The predicted molar refractivity (Wildman–Crippen MR) is 69.9 cm³/mol. The van der Waals surface area contributed by atoms with E-state index >= 15 is 0 Å². The molecule has 1 atom stereocenters. The van der Waals surface area contributed by atoms with Gasteiger partial charge in [-0.05, 0) is 37.8 Å². The highest BCUT2D eigenvalue weighted by atomic mass is 16.1. The van der Waals surface area contributed by atoms with Gasteiger partial charge >= 0.3 is 0 Å². The van der Waals surface area contributed by atoms with Crippen LogP contribution in [0.3, 0.4) is 0 Å². The number of hydrogen-bond acceptors (Lipinski definition) is 3. The number of aromatic nitrogens is 1. The maximum Gasteiger partial charge on any atom is 0.250 e. The Balaban J connectivity index is 2.48. The zero-order valence-electron chi connectivity index (χ0n) is 10.7. The lowest BCUT2D eigenvalue weighted by Crippen LogP contribution is -2.17. The number of hydrogen-bond donors (Lipinski definition) is 2. The van der Waals surface area contributed by atoms with Crippen LogP contribution in [0.1, 0.15) is 44.0 Å². The number of nitrogens with one attached hydrogen (secondary N) is 1. The molecule has 0 aliphatic carbocycles. The fourth-order valence-electron chi connectivity index (χ4n) is 1.53. The van der Waals surface area contributed by atoms with E-state index in [9.17, 15) is 4.79 Å². The van der Waals surface area contributed by atoms with E-state index in [1.165, 1.54) is 12.6 Å². The third-order valence-corrected chi connectivity index (χ3v) is 2.62. The Hall–Kier alpha value is -1.58. The molecule has 1 amide bonds. The molecule has 1 rings (SSSR count). The normalized spacial score (nSPS) is 12.5. The maximum atomic E-state index is 10.9. The van der Waals surface area contributed by atoms with Gasteiger partial charge in [-0.2, -0.15) is 0 Å². The van der Waals surface area contributed by atoms with E-state index < -0.39 is 5.91 Å². The molecule has 1 unspecified atom stereocenters. The molecule has 17 heavy (non-hydrogen) atoms. The molecule has 0 bridgehead atoms. The molecule has 0 radical (unpaired) electrons. The minimum atomic E-state index is -0.447. The molecule has 0 aliphatic rings. The molecular formula is C13H21N3O. The van der Waals surface area contributed by atoms with Crippen molar-refractivity contribution in [3.05, 3.63) is 23.9 Å². The van der Waals surface area contributed by atoms with E-state index in [0.29, 0.717) is 17.5 Å². The summed E-state index contributed by atoms with van der Waals surface area (Å²) in [5.74, 6) is 1.05. The quantitative estimate of drug-likeness (QED) is 0.795. The van der Waals surface area contributed by atoms with E-state index in [1.807, 2.05) is 0 Å². The zero-order valence-corrected chi connectivity index (χ0v) is 10.7. The van der Waals surface area contributed by atoms with Crippen molar-refractivity contribution in [2.75, 3.05) is 5.32 Å². The van der Waals surface area contributed by atoms with E-state index in [0.717, 1.165) is 12.2 Å². The predicted octanol–water partition coefficient (Wildman–Crippen LogP) is 2.42. The first-order chi connectivity index (χ1) is 7.99. The SMILES string of the molecule is CC(C)CCC(C)Nc1ccc(C(N)=O)cn1. The molecule has 0 aliphatic heterocycles. The van der Waals surface area contributed by atoms with Crippen molar-refractivity contribution in [2.24, 2.45) is 11.7 Å². The third kappa shape index (κ3) is 4.85. The number of pyridine rings is 1. The highest BCUT2D eigenvalue weighted by Gasteiger charge is 2.05. The van der Waals surface area contributed by atoms with Crippen LogP contribution in [0, 0.1) is 5.92 Å². The molecular weight excluding hydrogens is 214 g/mol. The average Bonchev–Trinajstić information content (AvgIpc) is 2.27. The highest BCUT2D eigenvalue weighted by molar-refractivity contribution is 5.92. The van der Waals surface area contributed by atoms with Gasteiger partial charge in [-0.1, -0.05) is 13.8 Å². The molecule has 0 aromatic carbocycles. The monoisotopic (exact) mass is 235 g/mol. The van der Waals surface area contributed by atoms with Crippen LogP contribution in [0.5, 0.6) is 0 Å². The Labute approximate surface area is 103 Å². The molecule has 1 aromatic heterocycles. The second-order valence-electron chi connectivity index (χ2n) is 4.81. The van der Waals surface area contributed by atoms with Gasteiger partial charge in [0, 0.05) is 12.2 Å². The smallest absolute Gasteiger partial charge is 0.250 e. The summed E-state index contributed by atoms with van der Waals surface area (Å²) in [4.78, 5) is 15.0. The number of carbonyl (C=O) groups is 1. The van der Waals surface area contributed by atoms with Crippen molar-refractivity contribution < 1.29 is 4.79 Å². The lowest BCUT2D eigenvalue weighted by Gasteiger charge is -2.15. The van der Waals surface area contributed by atoms with Crippen molar-refractivity contribution in [2.45, 2.75) is 39.7 Å². The maximum absolute atomic E-state index is 10.9. The summed E-state index contributed by atoms with van der Waals surface area (Å²) < 4.78 is 0. The van der Waals surface area contributed by atoms with Gasteiger partial charge in [0.05, 0.1) is 5.56 Å². The van der Waals surface area contributed by atoms with Gasteiger partial charge in [0.15, 0.2) is 0 Å². The van der Waals surface area contributed by atoms with Crippen LogP contribution in [0.15, 0.2) is 18.3 Å². The van der Waals surface area contributed by atoms with Gasteiger partial charge in [-0.15, -0.1) is 0 Å². The van der Waals surface area contributed by atoms with E-state index in [4.69, 9.17) is 5.73 Å². The second-order valence-corrected chi connectivity index (χ2v) is 4.81. The van der Waals surface area contributed by atoms with Crippen molar-refractivity contribution in [1.82, 2.24) is 4.98 Å². The molecule has 3 N–H and O–H groups in total. The van der Waals surface area contributed by atoms with Crippen molar-refractivity contribution >= 4 is 11.7 Å². The molecule has 4 heteroatoms. The molecule has 0 spiro atoms. The number of nitrogens with two attached hydrogens (primary N) is 1. The average molecular weight is 235 g/mol. The Morgan fingerprint density at radius 3 is 2.53 bits per heavy atom.